The minimum absolute atomic E-state index is 0.00239. The minimum Gasteiger partial charge on any atom is -0.406 e. The fraction of sp³-hybridized carbons (Fsp3) is 0.458. The molecule has 3 rings (SSSR count). The number of rotatable bonds is 8. The van der Waals surface area contributed by atoms with Crippen molar-refractivity contribution in [3.63, 3.8) is 0 Å². The topological polar surface area (TPSA) is 79.0 Å². The van der Waals surface area contributed by atoms with Crippen molar-refractivity contribution >= 4 is 27.3 Å². The number of carbonyl (C=O) groups excluding carboxylic acids is 1. The van der Waals surface area contributed by atoms with Crippen molar-refractivity contribution in [1.82, 2.24) is 15.1 Å². The average molecular weight is 548 g/mol. The monoisotopic (exact) mass is 547 g/mol. The van der Waals surface area contributed by atoms with E-state index in [4.69, 9.17) is 11.6 Å². The Kier molecular flexibility index (Phi) is 8.92. The number of sulfone groups is 1. The quantitative estimate of drug-likeness (QED) is 0.536. The van der Waals surface area contributed by atoms with Gasteiger partial charge in [0.2, 0.25) is 0 Å². The molecule has 12 heteroatoms. The second-order valence-corrected chi connectivity index (χ2v) is 11.4. The summed E-state index contributed by atoms with van der Waals surface area (Å²) in [6, 6.07) is 8.40. The lowest BCUT2D eigenvalue weighted by Crippen LogP contribution is -2.48. The predicted octanol–water partition coefficient (Wildman–Crippen LogP) is 4.10. The number of carbonyl (C=O) groups is 1. The summed E-state index contributed by atoms with van der Waals surface area (Å²) in [5.41, 5.74) is 0.735. The highest BCUT2D eigenvalue weighted by Gasteiger charge is 2.32. The van der Waals surface area contributed by atoms with E-state index in [0.29, 0.717) is 18.2 Å². The fourth-order valence-electron chi connectivity index (χ4n) is 4.10. The number of nitrogens with zero attached hydrogens (tertiary/aromatic N) is 2. The van der Waals surface area contributed by atoms with Gasteiger partial charge in [-0.25, -0.2) is 8.42 Å². The van der Waals surface area contributed by atoms with Crippen LogP contribution in [0, 0.1) is 0 Å². The Labute approximate surface area is 214 Å². The lowest BCUT2D eigenvalue weighted by molar-refractivity contribution is -0.274. The lowest BCUT2D eigenvalue weighted by Gasteiger charge is -2.37. The van der Waals surface area contributed by atoms with E-state index in [-0.39, 0.29) is 27.6 Å². The van der Waals surface area contributed by atoms with Crippen molar-refractivity contribution in [3.05, 3.63) is 58.1 Å². The molecule has 0 aliphatic carbocycles. The highest BCUT2D eigenvalue weighted by Crippen LogP contribution is 2.27. The Balaban J connectivity index is 1.80. The third kappa shape index (κ3) is 8.09. The molecule has 0 aromatic heterocycles. The number of alkyl halides is 3. The molecule has 198 valence electrons. The Morgan fingerprint density at radius 2 is 1.78 bits per heavy atom. The van der Waals surface area contributed by atoms with Gasteiger partial charge in [0.25, 0.3) is 5.91 Å². The zero-order valence-corrected chi connectivity index (χ0v) is 21.8. The normalized spacial score (nSPS) is 15.8. The molecular formula is C24H29ClF3N3O4S. The number of halogens is 4. The SMILES string of the molecule is CC(C)N1CCN(Cc2cc(OC(F)(F)F)cc(C(=O)NCc3cc(Cl)ccc3S(C)(=O)=O)c2)CC1. The maximum Gasteiger partial charge on any atom is 0.573 e. The minimum atomic E-state index is -4.92. The Morgan fingerprint density at radius 1 is 1.11 bits per heavy atom. The van der Waals surface area contributed by atoms with E-state index < -0.39 is 27.9 Å². The molecule has 0 bridgehead atoms. The van der Waals surface area contributed by atoms with Gasteiger partial charge in [-0.1, -0.05) is 11.6 Å². The molecule has 0 spiro atoms. The van der Waals surface area contributed by atoms with Crippen molar-refractivity contribution in [2.24, 2.45) is 0 Å². The highest BCUT2D eigenvalue weighted by molar-refractivity contribution is 7.90. The molecule has 0 atom stereocenters. The molecule has 1 heterocycles. The maximum atomic E-state index is 12.9. The summed E-state index contributed by atoms with van der Waals surface area (Å²) in [5, 5.41) is 2.86. The molecule has 0 unspecified atom stereocenters. The number of ether oxygens (including phenoxy) is 1. The average Bonchev–Trinajstić information content (AvgIpc) is 2.75. The molecule has 1 aliphatic heterocycles. The Morgan fingerprint density at radius 3 is 2.36 bits per heavy atom. The van der Waals surface area contributed by atoms with Crippen molar-refractivity contribution in [1.29, 1.82) is 0 Å². The van der Waals surface area contributed by atoms with Gasteiger partial charge in [-0.15, -0.1) is 13.2 Å². The van der Waals surface area contributed by atoms with Crippen LogP contribution >= 0.6 is 11.6 Å². The van der Waals surface area contributed by atoms with Gasteiger partial charge < -0.3 is 10.1 Å². The number of hydrogen-bond donors (Lipinski definition) is 1. The lowest BCUT2D eigenvalue weighted by atomic mass is 10.1. The van der Waals surface area contributed by atoms with E-state index in [1.165, 1.54) is 30.3 Å². The molecule has 1 aliphatic rings. The summed E-state index contributed by atoms with van der Waals surface area (Å²) in [4.78, 5) is 17.3. The van der Waals surface area contributed by atoms with E-state index in [0.717, 1.165) is 38.5 Å². The molecule has 36 heavy (non-hydrogen) atoms. The Hall–Kier alpha value is -2.34. The van der Waals surface area contributed by atoms with Gasteiger partial charge >= 0.3 is 6.36 Å². The smallest absolute Gasteiger partial charge is 0.406 e. The zero-order valence-electron chi connectivity index (χ0n) is 20.2. The summed E-state index contributed by atoms with van der Waals surface area (Å²) in [5.74, 6) is -1.17. The van der Waals surface area contributed by atoms with Crippen LogP contribution in [0.15, 0.2) is 41.3 Å². The number of hydrogen-bond acceptors (Lipinski definition) is 6. The molecular weight excluding hydrogens is 519 g/mol. The second-order valence-electron chi connectivity index (χ2n) is 9.03. The van der Waals surface area contributed by atoms with Gasteiger partial charge in [0.15, 0.2) is 9.84 Å². The first-order valence-electron chi connectivity index (χ1n) is 11.3. The number of nitrogens with one attached hydrogen (secondary N) is 1. The molecule has 7 nitrogen and oxygen atoms in total. The van der Waals surface area contributed by atoms with Crippen LogP contribution in [0.1, 0.15) is 35.3 Å². The van der Waals surface area contributed by atoms with Crippen LogP contribution in [0.2, 0.25) is 5.02 Å². The first kappa shape index (κ1) is 28.2. The van der Waals surface area contributed by atoms with Crippen LogP contribution in [0.25, 0.3) is 0 Å². The summed E-state index contributed by atoms with van der Waals surface area (Å²) in [7, 11) is -3.59. The Bertz CT molecular complexity index is 1200. The van der Waals surface area contributed by atoms with E-state index in [9.17, 15) is 26.4 Å². The highest BCUT2D eigenvalue weighted by atomic mass is 35.5. The van der Waals surface area contributed by atoms with Crippen LogP contribution in [0.5, 0.6) is 5.75 Å². The van der Waals surface area contributed by atoms with Crippen LogP contribution in [0.3, 0.4) is 0 Å². The number of benzene rings is 2. The maximum absolute atomic E-state index is 12.9. The summed E-state index contributed by atoms with van der Waals surface area (Å²) < 4.78 is 67.0. The zero-order chi connectivity index (χ0) is 26.7. The molecule has 0 radical (unpaired) electrons. The largest absolute Gasteiger partial charge is 0.573 e. The first-order chi connectivity index (χ1) is 16.7. The van der Waals surface area contributed by atoms with Gasteiger partial charge in [-0.3, -0.25) is 14.6 Å². The van der Waals surface area contributed by atoms with E-state index in [1.54, 1.807) is 0 Å². The molecule has 2 aromatic carbocycles. The molecule has 2 aromatic rings. The van der Waals surface area contributed by atoms with Crippen molar-refractivity contribution in [2.75, 3.05) is 32.4 Å². The number of piperazine rings is 1. The van der Waals surface area contributed by atoms with E-state index >= 15 is 0 Å². The van der Waals surface area contributed by atoms with Gasteiger partial charge in [0.05, 0.1) is 4.90 Å². The standard InChI is InChI=1S/C24H29ClF3N3O4S/c1-16(2)31-8-6-30(7-9-31)15-17-10-18(13-21(11-17)35-24(26,27)28)23(32)29-14-19-12-20(25)4-5-22(19)36(3,33)34/h4-5,10-13,16H,6-9,14-15H2,1-3H3,(H,29,32). The molecule has 1 fully saturated rings. The summed E-state index contributed by atoms with van der Waals surface area (Å²) in [6.07, 6.45) is -3.88. The summed E-state index contributed by atoms with van der Waals surface area (Å²) >= 11 is 5.98. The third-order valence-corrected chi connectivity index (χ3v) is 7.30. The van der Waals surface area contributed by atoms with E-state index in [1.807, 2.05) is 0 Å². The third-order valence-electron chi connectivity index (χ3n) is 5.87. The van der Waals surface area contributed by atoms with Gasteiger partial charge in [-0.05, 0) is 61.4 Å². The molecule has 1 saturated heterocycles. The molecule has 0 saturated carbocycles. The van der Waals surface area contributed by atoms with Crippen LogP contribution < -0.4 is 10.1 Å². The van der Waals surface area contributed by atoms with Crippen molar-refractivity contribution < 1.29 is 31.1 Å². The molecule has 1 N–H and O–H groups in total. The van der Waals surface area contributed by atoms with Crippen molar-refractivity contribution in [2.45, 2.75) is 44.2 Å². The van der Waals surface area contributed by atoms with Gasteiger partial charge in [-0.2, -0.15) is 0 Å². The van der Waals surface area contributed by atoms with Gasteiger partial charge in [0, 0.05) is 62.2 Å². The van der Waals surface area contributed by atoms with Gasteiger partial charge in [0.1, 0.15) is 5.75 Å². The van der Waals surface area contributed by atoms with E-state index in [2.05, 4.69) is 33.7 Å². The number of amides is 1. The van der Waals surface area contributed by atoms with Crippen LogP contribution in [-0.4, -0.2) is 69.0 Å². The fourth-order valence-corrected chi connectivity index (χ4v) is 5.21. The van der Waals surface area contributed by atoms with Crippen LogP contribution in [-0.2, 0) is 22.9 Å². The van der Waals surface area contributed by atoms with Crippen molar-refractivity contribution in [3.8, 4) is 5.75 Å². The second kappa shape index (κ2) is 11.4. The predicted molar refractivity (Wildman–Crippen MR) is 131 cm³/mol. The summed E-state index contributed by atoms with van der Waals surface area (Å²) in [6.45, 7) is 7.56. The van der Waals surface area contributed by atoms with Crippen LogP contribution in [0.4, 0.5) is 13.2 Å². The first-order valence-corrected chi connectivity index (χ1v) is 13.6. The molecule has 1 amide bonds.